The number of carbonyl (C=O) groups is 2. The summed E-state index contributed by atoms with van der Waals surface area (Å²) in [7, 11) is 0. The summed E-state index contributed by atoms with van der Waals surface area (Å²) in [5, 5.41) is 23.1. The topological polar surface area (TPSA) is 111 Å². The number of amides is 2. The van der Waals surface area contributed by atoms with Gasteiger partial charge in [0.2, 0.25) is 0 Å². The highest BCUT2D eigenvalue weighted by molar-refractivity contribution is 6.04. The summed E-state index contributed by atoms with van der Waals surface area (Å²) < 4.78 is 4.57. The Balaban J connectivity index is 2.64. The molecule has 0 fully saturated rings. The summed E-state index contributed by atoms with van der Waals surface area (Å²) in [5.41, 5.74) is 0.714. The third-order valence-electron chi connectivity index (χ3n) is 2.86. The van der Waals surface area contributed by atoms with Gasteiger partial charge in [-0.2, -0.15) is 5.26 Å². The molecule has 0 aromatic heterocycles. The lowest BCUT2D eigenvalue weighted by Crippen LogP contribution is -2.34. The first-order valence-corrected chi connectivity index (χ1v) is 7.09. The number of benzene rings is 1. The molecule has 7 heteroatoms. The molecule has 122 valence electrons. The van der Waals surface area contributed by atoms with Gasteiger partial charge in [0.15, 0.2) is 0 Å². The summed E-state index contributed by atoms with van der Waals surface area (Å²) in [6.45, 7) is 1.54. The van der Waals surface area contributed by atoms with Gasteiger partial charge in [0.1, 0.15) is 11.6 Å². The molecule has 0 bridgehead atoms. The molecule has 0 spiro atoms. The molecule has 3 N–H and O–H groups in total. The highest BCUT2D eigenvalue weighted by atomic mass is 16.5. The number of imide groups is 1. The number of aliphatic hydroxyl groups excluding tert-OH is 1. The van der Waals surface area contributed by atoms with Gasteiger partial charge < -0.3 is 15.2 Å². The highest BCUT2D eigenvalue weighted by Gasteiger charge is 2.14. The lowest BCUT2D eigenvalue weighted by atomic mass is 10.1. The molecule has 2 amide bonds. The van der Waals surface area contributed by atoms with Gasteiger partial charge in [-0.25, -0.2) is 4.79 Å². The lowest BCUT2D eigenvalue weighted by Gasteiger charge is -2.15. The number of carbonyl (C=O) groups excluding carboxylic acids is 2. The maximum atomic E-state index is 11.7. The molecule has 0 aliphatic heterocycles. The van der Waals surface area contributed by atoms with Crippen LogP contribution in [0.2, 0.25) is 0 Å². The summed E-state index contributed by atoms with van der Waals surface area (Å²) in [6.07, 6.45) is 0.784. The first-order chi connectivity index (χ1) is 11.1. The number of alkyl carbamates (subject to hydrolysis) is 1. The van der Waals surface area contributed by atoms with E-state index in [0.29, 0.717) is 6.42 Å². The normalized spacial score (nSPS) is 12.0. The molecular weight excluding hydrogens is 298 g/mol. The Morgan fingerprint density at radius 2 is 2.09 bits per heavy atom. The van der Waals surface area contributed by atoms with E-state index in [1.807, 2.05) is 35.6 Å². The predicted octanol–water partition coefficient (Wildman–Crippen LogP) is 0.860. The van der Waals surface area contributed by atoms with Crippen molar-refractivity contribution in [1.82, 2.24) is 10.6 Å². The molecule has 1 rings (SSSR count). The molecule has 0 aliphatic carbocycles. The second-order valence-corrected chi connectivity index (χ2v) is 4.58. The van der Waals surface area contributed by atoms with E-state index >= 15 is 0 Å². The van der Waals surface area contributed by atoms with Crippen molar-refractivity contribution in [2.45, 2.75) is 19.4 Å². The number of ether oxygens (including phenoxy) is 1. The number of nitriles is 1. The van der Waals surface area contributed by atoms with E-state index < -0.39 is 12.0 Å². The van der Waals surface area contributed by atoms with Gasteiger partial charge in [0.05, 0.1) is 19.3 Å². The van der Waals surface area contributed by atoms with Crippen LogP contribution < -0.4 is 10.6 Å². The van der Waals surface area contributed by atoms with Crippen LogP contribution in [0.5, 0.6) is 0 Å². The second kappa shape index (κ2) is 9.97. The highest BCUT2D eigenvalue weighted by Crippen LogP contribution is 2.03. The van der Waals surface area contributed by atoms with E-state index in [1.54, 1.807) is 13.0 Å². The summed E-state index contributed by atoms with van der Waals surface area (Å²) in [6, 6.07) is 10.8. The van der Waals surface area contributed by atoms with Crippen LogP contribution in [-0.4, -0.2) is 36.4 Å². The van der Waals surface area contributed by atoms with E-state index in [4.69, 9.17) is 5.26 Å². The number of rotatable bonds is 7. The van der Waals surface area contributed by atoms with E-state index in [0.717, 1.165) is 5.56 Å². The SMILES string of the molecule is CCOC(=O)NC(=O)/C(C#N)=C/N[C@@H](CO)Cc1ccccc1. The molecule has 0 heterocycles. The first-order valence-electron chi connectivity index (χ1n) is 7.09. The smallest absolute Gasteiger partial charge is 0.414 e. The van der Waals surface area contributed by atoms with Crippen LogP contribution in [0.4, 0.5) is 4.79 Å². The van der Waals surface area contributed by atoms with Gasteiger partial charge in [0.25, 0.3) is 5.91 Å². The van der Waals surface area contributed by atoms with Crippen LogP contribution in [0.1, 0.15) is 12.5 Å². The van der Waals surface area contributed by atoms with Crippen LogP contribution in [-0.2, 0) is 16.0 Å². The zero-order valence-corrected chi connectivity index (χ0v) is 12.8. The molecule has 7 nitrogen and oxygen atoms in total. The molecule has 0 saturated heterocycles. The van der Waals surface area contributed by atoms with Gasteiger partial charge in [-0.15, -0.1) is 0 Å². The lowest BCUT2D eigenvalue weighted by molar-refractivity contribution is -0.116. The maximum Gasteiger partial charge on any atom is 0.414 e. The number of hydrogen-bond acceptors (Lipinski definition) is 6. The van der Waals surface area contributed by atoms with Crippen LogP contribution in [0.3, 0.4) is 0 Å². The Hall–Kier alpha value is -2.85. The zero-order valence-electron chi connectivity index (χ0n) is 12.8. The number of aliphatic hydroxyl groups is 1. The minimum atomic E-state index is -0.915. The van der Waals surface area contributed by atoms with Crippen LogP contribution >= 0.6 is 0 Å². The third-order valence-corrected chi connectivity index (χ3v) is 2.86. The van der Waals surface area contributed by atoms with E-state index in [-0.39, 0.29) is 24.8 Å². The summed E-state index contributed by atoms with van der Waals surface area (Å²) in [4.78, 5) is 22.9. The van der Waals surface area contributed by atoms with Crippen LogP contribution in [0, 0.1) is 11.3 Å². The Morgan fingerprint density at radius 1 is 1.39 bits per heavy atom. The molecule has 1 aromatic carbocycles. The fourth-order valence-electron chi connectivity index (χ4n) is 1.75. The molecule has 1 aromatic rings. The molecular formula is C16H19N3O4. The van der Waals surface area contributed by atoms with Crippen molar-refractivity contribution < 1.29 is 19.4 Å². The number of nitrogens with one attached hydrogen (secondary N) is 2. The molecule has 0 radical (unpaired) electrons. The average molecular weight is 317 g/mol. The van der Waals surface area contributed by atoms with Crippen molar-refractivity contribution in [2.75, 3.05) is 13.2 Å². The molecule has 0 aliphatic rings. The Kier molecular flexibility index (Phi) is 7.89. The van der Waals surface area contributed by atoms with Crippen LogP contribution in [0.25, 0.3) is 0 Å². The number of hydrogen-bond donors (Lipinski definition) is 3. The van der Waals surface area contributed by atoms with Crippen molar-refractivity contribution in [3.63, 3.8) is 0 Å². The van der Waals surface area contributed by atoms with Crippen molar-refractivity contribution in [3.8, 4) is 6.07 Å². The van der Waals surface area contributed by atoms with Crippen molar-refractivity contribution >= 4 is 12.0 Å². The van der Waals surface area contributed by atoms with E-state index in [1.165, 1.54) is 6.20 Å². The minimum Gasteiger partial charge on any atom is -0.450 e. The minimum absolute atomic E-state index is 0.118. The maximum absolute atomic E-state index is 11.7. The van der Waals surface area contributed by atoms with E-state index in [9.17, 15) is 14.7 Å². The fraction of sp³-hybridized carbons (Fsp3) is 0.312. The first kappa shape index (κ1) is 18.2. The van der Waals surface area contributed by atoms with Gasteiger partial charge >= 0.3 is 6.09 Å². The van der Waals surface area contributed by atoms with Crippen molar-refractivity contribution in [3.05, 3.63) is 47.7 Å². The Bertz CT molecular complexity index is 593. The predicted molar refractivity (Wildman–Crippen MR) is 83.0 cm³/mol. The molecule has 1 atom stereocenters. The zero-order chi connectivity index (χ0) is 17.1. The molecule has 0 unspecified atom stereocenters. The average Bonchev–Trinajstić information content (AvgIpc) is 2.55. The number of nitrogens with zero attached hydrogens (tertiary/aromatic N) is 1. The Labute approximate surface area is 134 Å². The van der Waals surface area contributed by atoms with Crippen molar-refractivity contribution in [1.29, 1.82) is 5.26 Å². The fourth-order valence-corrected chi connectivity index (χ4v) is 1.75. The van der Waals surface area contributed by atoms with Gasteiger partial charge in [0, 0.05) is 6.20 Å². The summed E-state index contributed by atoms with van der Waals surface area (Å²) in [5.74, 6) is -0.866. The quantitative estimate of drug-likeness (QED) is 0.508. The standard InChI is InChI=1S/C16H19N3O4/c1-2-23-16(22)19-15(21)13(9-17)10-18-14(11-20)8-12-6-4-3-5-7-12/h3-7,10,14,18,20H,2,8,11H2,1H3,(H,19,21,22)/b13-10+/t14-/m1/s1. The molecule has 0 saturated carbocycles. The summed E-state index contributed by atoms with van der Waals surface area (Å²) >= 11 is 0. The van der Waals surface area contributed by atoms with E-state index in [2.05, 4.69) is 10.1 Å². The van der Waals surface area contributed by atoms with Crippen molar-refractivity contribution in [2.24, 2.45) is 0 Å². The van der Waals surface area contributed by atoms with Crippen LogP contribution in [0.15, 0.2) is 42.1 Å². The van der Waals surface area contributed by atoms with Gasteiger partial charge in [-0.3, -0.25) is 10.1 Å². The third kappa shape index (κ3) is 6.63. The second-order valence-electron chi connectivity index (χ2n) is 4.58. The largest absolute Gasteiger partial charge is 0.450 e. The Morgan fingerprint density at radius 3 is 2.65 bits per heavy atom. The van der Waals surface area contributed by atoms with Gasteiger partial charge in [-0.05, 0) is 18.9 Å². The molecule has 23 heavy (non-hydrogen) atoms. The van der Waals surface area contributed by atoms with Gasteiger partial charge in [-0.1, -0.05) is 30.3 Å². The monoisotopic (exact) mass is 317 g/mol.